The number of carbonyl (C=O) groups excluding carboxylic acids is 1. The van der Waals surface area contributed by atoms with Gasteiger partial charge in [-0.25, -0.2) is 0 Å². The number of rotatable bonds is 2. The van der Waals surface area contributed by atoms with Gasteiger partial charge < -0.3 is 4.90 Å². The van der Waals surface area contributed by atoms with Crippen LogP contribution in [0, 0.1) is 0 Å². The third kappa shape index (κ3) is 1.64. The molecule has 0 saturated carbocycles. The average Bonchev–Trinajstić information content (AvgIpc) is 2.64. The summed E-state index contributed by atoms with van der Waals surface area (Å²) in [4.78, 5) is 13.5. The van der Waals surface area contributed by atoms with Gasteiger partial charge in [0.25, 0.3) is 0 Å². The fraction of sp³-hybridized carbons (Fsp3) is 0.600. The molecule has 76 valence electrons. The van der Waals surface area contributed by atoms with E-state index in [9.17, 15) is 4.79 Å². The first-order valence-corrected chi connectivity index (χ1v) is 5.10. The van der Waals surface area contributed by atoms with Crippen molar-refractivity contribution in [3.8, 4) is 0 Å². The predicted molar refractivity (Wildman–Crippen MR) is 52.6 cm³/mol. The normalized spacial score (nSPS) is 15.4. The van der Waals surface area contributed by atoms with Gasteiger partial charge in [-0.05, 0) is 6.42 Å². The molecule has 0 bridgehead atoms. The van der Waals surface area contributed by atoms with Gasteiger partial charge in [-0.15, -0.1) is 0 Å². The summed E-state index contributed by atoms with van der Waals surface area (Å²) in [5, 5.41) is 6.94. The van der Waals surface area contributed by atoms with E-state index in [0.717, 1.165) is 25.9 Å². The minimum atomic E-state index is 0.263. The number of hydrogen-bond donors (Lipinski definition) is 1. The summed E-state index contributed by atoms with van der Waals surface area (Å²) in [5.41, 5.74) is 2.35. The Morgan fingerprint density at radius 2 is 2.57 bits per heavy atom. The van der Waals surface area contributed by atoms with Gasteiger partial charge in [0.05, 0.1) is 6.20 Å². The molecule has 14 heavy (non-hydrogen) atoms. The number of carbonyl (C=O) groups is 1. The van der Waals surface area contributed by atoms with Crippen LogP contribution in [0.4, 0.5) is 0 Å². The zero-order valence-electron chi connectivity index (χ0n) is 8.42. The molecule has 0 saturated heterocycles. The number of H-pyrrole nitrogens is 1. The first kappa shape index (κ1) is 9.24. The largest absolute Gasteiger partial charge is 0.338 e. The fourth-order valence-electron chi connectivity index (χ4n) is 1.81. The minimum Gasteiger partial charge on any atom is -0.338 e. The molecule has 1 aliphatic rings. The lowest BCUT2D eigenvalue weighted by Crippen LogP contribution is -2.35. The number of aromatic nitrogens is 2. The van der Waals surface area contributed by atoms with Crippen LogP contribution in [0.15, 0.2) is 6.20 Å². The molecule has 0 radical (unpaired) electrons. The highest BCUT2D eigenvalue weighted by Crippen LogP contribution is 2.16. The Bertz CT molecular complexity index is 332. The van der Waals surface area contributed by atoms with Gasteiger partial charge in [0, 0.05) is 37.2 Å². The Labute approximate surface area is 83.3 Å². The summed E-state index contributed by atoms with van der Waals surface area (Å²) in [6.07, 6.45) is 4.31. The maximum atomic E-state index is 11.6. The molecule has 1 N–H and O–H groups in total. The Morgan fingerprint density at radius 1 is 1.71 bits per heavy atom. The topological polar surface area (TPSA) is 49.0 Å². The third-order valence-electron chi connectivity index (χ3n) is 2.62. The molecule has 0 fully saturated rings. The summed E-state index contributed by atoms with van der Waals surface area (Å²) < 4.78 is 0. The SMILES string of the molecule is CCCC(=O)N1CCc2[nH]ncc2C1. The van der Waals surface area contributed by atoms with E-state index in [0.29, 0.717) is 6.42 Å². The highest BCUT2D eigenvalue weighted by Gasteiger charge is 2.20. The van der Waals surface area contributed by atoms with E-state index in [1.165, 1.54) is 11.3 Å². The molecular formula is C10H15N3O. The fourth-order valence-corrected chi connectivity index (χ4v) is 1.81. The lowest BCUT2D eigenvalue weighted by atomic mass is 10.1. The van der Waals surface area contributed by atoms with Crippen LogP contribution in [0.3, 0.4) is 0 Å². The lowest BCUT2D eigenvalue weighted by molar-refractivity contribution is -0.132. The molecule has 2 heterocycles. The smallest absolute Gasteiger partial charge is 0.222 e. The molecule has 0 atom stereocenters. The first-order valence-electron chi connectivity index (χ1n) is 5.10. The van der Waals surface area contributed by atoms with Crippen molar-refractivity contribution < 1.29 is 4.79 Å². The van der Waals surface area contributed by atoms with Crippen molar-refractivity contribution in [3.05, 3.63) is 17.5 Å². The second-order valence-corrected chi connectivity index (χ2v) is 3.69. The molecule has 0 unspecified atom stereocenters. The van der Waals surface area contributed by atoms with Gasteiger partial charge >= 0.3 is 0 Å². The Morgan fingerprint density at radius 3 is 3.36 bits per heavy atom. The molecule has 1 aromatic heterocycles. The van der Waals surface area contributed by atoms with E-state index in [4.69, 9.17) is 0 Å². The Kier molecular flexibility index (Phi) is 2.52. The van der Waals surface area contributed by atoms with Crippen molar-refractivity contribution in [2.45, 2.75) is 32.7 Å². The summed E-state index contributed by atoms with van der Waals surface area (Å²) in [5.74, 6) is 0.263. The number of nitrogens with zero attached hydrogens (tertiary/aromatic N) is 2. The van der Waals surface area contributed by atoms with Gasteiger partial charge in [-0.2, -0.15) is 5.10 Å². The average molecular weight is 193 g/mol. The number of fused-ring (bicyclic) bond motifs is 1. The van der Waals surface area contributed by atoms with Crippen molar-refractivity contribution in [3.63, 3.8) is 0 Å². The molecule has 0 spiro atoms. The van der Waals surface area contributed by atoms with Crippen LogP contribution >= 0.6 is 0 Å². The zero-order valence-corrected chi connectivity index (χ0v) is 8.42. The molecule has 1 aromatic rings. The van der Waals surface area contributed by atoms with Crippen molar-refractivity contribution in [2.24, 2.45) is 0 Å². The lowest BCUT2D eigenvalue weighted by Gasteiger charge is -2.26. The predicted octanol–water partition coefficient (Wildman–Crippen LogP) is 1.09. The monoisotopic (exact) mass is 193 g/mol. The van der Waals surface area contributed by atoms with Crippen LogP contribution < -0.4 is 0 Å². The van der Waals surface area contributed by atoms with Crippen LogP contribution in [0.25, 0.3) is 0 Å². The van der Waals surface area contributed by atoms with Gasteiger partial charge in [-0.1, -0.05) is 6.92 Å². The van der Waals surface area contributed by atoms with Crippen molar-refractivity contribution in [1.29, 1.82) is 0 Å². The minimum absolute atomic E-state index is 0.263. The quantitative estimate of drug-likeness (QED) is 0.764. The summed E-state index contributed by atoms with van der Waals surface area (Å²) in [6, 6.07) is 0. The zero-order chi connectivity index (χ0) is 9.97. The highest BCUT2D eigenvalue weighted by molar-refractivity contribution is 5.76. The van der Waals surface area contributed by atoms with E-state index < -0.39 is 0 Å². The van der Waals surface area contributed by atoms with Crippen LogP contribution in [-0.4, -0.2) is 27.5 Å². The Hall–Kier alpha value is -1.32. The molecule has 1 amide bonds. The van der Waals surface area contributed by atoms with Crippen molar-refractivity contribution in [1.82, 2.24) is 15.1 Å². The molecule has 1 aliphatic heterocycles. The number of hydrogen-bond acceptors (Lipinski definition) is 2. The molecule has 0 aromatic carbocycles. The molecular weight excluding hydrogens is 178 g/mol. The number of amides is 1. The van der Waals surface area contributed by atoms with E-state index >= 15 is 0 Å². The second kappa shape index (κ2) is 3.82. The van der Waals surface area contributed by atoms with Crippen molar-refractivity contribution in [2.75, 3.05) is 6.54 Å². The van der Waals surface area contributed by atoms with Crippen molar-refractivity contribution >= 4 is 5.91 Å². The first-order chi connectivity index (χ1) is 6.81. The maximum absolute atomic E-state index is 11.6. The number of nitrogens with one attached hydrogen (secondary N) is 1. The summed E-state index contributed by atoms with van der Waals surface area (Å²) in [6.45, 7) is 3.59. The molecule has 2 rings (SSSR count). The van der Waals surface area contributed by atoms with Gasteiger partial charge in [0.1, 0.15) is 0 Å². The Balaban J connectivity index is 2.04. The van der Waals surface area contributed by atoms with E-state index in [1.807, 2.05) is 18.0 Å². The molecule has 0 aliphatic carbocycles. The van der Waals surface area contributed by atoms with Crippen LogP contribution in [0.1, 0.15) is 31.0 Å². The molecule has 4 nitrogen and oxygen atoms in total. The summed E-state index contributed by atoms with van der Waals surface area (Å²) >= 11 is 0. The van der Waals surface area contributed by atoms with Crippen LogP contribution in [0.5, 0.6) is 0 Å². The van der Waals surface area contributed by atoms with E-state index in [2.05, 4.69) is 10.2 Å². The number of aromatic amines is 1. The van der Waals surface area contributed by atoms with Gasteiger partial charge in [-0.3, -0.25) is 9.89 Å². The van der Waals surface area contributed by atoms with Gasteiger partial charge in [0.15, 0.2) is 0 Å². The second-order valence-electron chi connectivity index (χ2n) is 3.69. The highest BCUT2D eigenvalue weighted by atomic mass is 16.2. The van der Waals surface area contributed by atoms with E-state index in [1.54, 1.807) is 0 Å². The maximum Gasteiger partial charge on any atom is 0.222 e. The third-order valence-corrected chi connectivity index (χ3v) is 2.62. The molecule has 4 heteroatoms. The van der Waals surface area contributed by atoms with E-state index in [-0.39, 0.29) is 5.91 Å². The summed E-state index contributed by atoms with van der Waals surface area (Å²) in [7, 11) is 0. The van der Waals surface area contributed by atoms with Crippen LogP contribution in [-0.2, 0) is 17.8 Å². The van der Waals surface area contributed by atoms with Crippen LogP contribution in [0.2, 0.25) is 0 Å². The standard InChI is InChI=1S/C10H15N3O/c1-2-3-10(14)13-5-4-9-8(7-13)6-11-12-9/h6H,2-5,7H2,1H3,(H,11,12). The van der Waals surface area contributed by atoms with Gasteiger partial charge in [0.2, 0.25) is 5.91 Å².